The Morgan fingerprint density at radius 3 is 2.79 bits per heavy atom. The predicted octanol–water partition coefficient (Wildman–Crippen LogP) is 0.629. The summed E-state index contributed by atoms with van der Waals surface area (Å²) in [5.74, 6) is 1.24. The van der Waals surface area contributed by atoms with Crippen LogP contribution in [0.4, 0.5) is 5.82 Å². The molecule has 98 valence electrons. The second-order valence-electron chi connectivity index (χ2n) is 4.52. The molecule has 19 heavy (non-hydrogen) atoms. The van der Waals surface area contributed by atoms with Crippen molar-refractivity contribution in [2.75, 3.05) is 5.73 Å². The van der Waals surface area contributed by atoms with E-state index in [2.05, 4.69) is 38.9 Å². The van der Waals surface area contributed by atoms with Gasteiger partial charge in [0.05, 0.1) is 12.9 Å². The topological polar surface area (TPSA) is 100 Å². The predicted molar refractivity (Wildman–Crippen MR) is 69.2 cm³/mol. The third-order valence-corrected chi connectivity index (χ3v) is 2.88. The van der Waals surface area contributed by atoms with Crippen LogP contribution in [0.1, 0.15) is 25.7 Å². The van der Waals surface area contributed by atoms with Gasteiger partial charge in [-0.25, -0.2) is 24.6 Å². The van der Waals surface area contributed by atoms with Gasteiger partial charge in [0.1, 0.15) is 24.0 Å². The van der Waals surface area contributed by atoms with Gasteiger partial charge in [0.2, 0.25) is 0 Å². The van der Waals surface area contributed by atoms with Crippen LogP contribution in [0.5, 0.6) is 0 Å². The van der Waals surface area contributed by atoms with Crippen molar-refractivity contribution in [3.63, 3.8) is 0 Å². The van der Waals surface area contributed by atoms with Crippen LogP contribution in [-0.4, -0.2) is 34.3 Å². The Morgan fingerprint density at radius 2 is 2.00 bits per heavy atom. The molecule has 0 amide bonds. The number of nitrogens with two attached hydrogens (primary N) is 1. The summed E-state index contributed by atoms with van der Waals surface area (Å²) in [6, 6.07) is 0.256. The van der Waals surface area contributed by atoms with Crippen LogP contribution in [0.2, 0.25) is 0 Å². The van der Waals surface area contributed by atoms with E-state index in [1.54, 1.807) is 12.7 Å². The average molecular weight is 258 g/mol. The molecule has 0 bridgehead atoms. The number of nitrogens with zero attached hydrogens (tertiary/aromatic N) is 7. The van der Waals surface area contributed by atoms with Crippen LogP contribution in [0.3, 0.4) is 0 Å². The molecule has 8 heteroatoms. The molecule has 0 atom stereocenters. The molecule has 0 unspecified atom stereocenters. The standard InChI is InChI=1S/C11H14N8/c1-7(2)19-8(13-5-17-19)3-18-6-16-9-10(12)14-4-15-11(9)18/h4-7H,3H2,1-2H3,(H2,12,14,15). The van der Waals surface area contributed by atoms with Crippen LogP contribution in [-0.2, 0) is 6.54 Å². The van der Waals surface area contributed by atoms with Gasteiger partial charge in [-0.2, -0.15) is 5.10 Å². The Morgan fingerprint density at radius 1 is 1.16 bits per heavy atom. The SMILES string of the molecule is CC(C)n1ncnc1Cn1cnc2c(N)ncnc21. The van der Waals surface area contributed by atoms with Gasteiger partial charge in [0.25, 0.3) is 0 Å². The fourth-order valence-corrected chi connectivity index (χ4v) is 1.99. The van der Waals surface area contributed by atoms with Crippen molar-refractivity contribution in [2.45, 2.75) is 26.4 Å². The van der Waals surface area contributed by atoms with Crippen molar-refractivity contribution < 1.29 is 0 Å². The van der Waals surface area contributed by atoms with Crippen molar-refractivity contribution in [3.05, 3.63) is 24.8 Å². The van der Waals surface area contributed by atoms with E-state index in [0.717, 1.165) is 5.82 Å². The van der Waals surface area contributed by atoms with Gasteiger partial charge < -0.3 is 10.3 Å². The fraction of sp³-hybridized carbons (Fsp3) is 0.364. The fourth-order valence-electron chi connectivity index (χ4n) is 1.99. The van der Waals surface area contributed by atoms with Gasteiger partial charge in [-0.05, 0) is 13.8 Å². The molecule has 0 aliphatic rings. The smallest absolute Gasteiger partial charge is 0.165 e. The Kier molecular flexibility index (Phi) is 2.62. The lowest BCUT2D eigenvalue weighted by Gasteiger charge is -2.09. The summed E-state index contributed by atoms with van der Waals surface area (Å²) in [7, 11) is 0. The Balaban J connectivity index is 2.02. The molecule has 0 saturated heterocycles. The zero-order chi connectivity index (χ0) is 13.4. The number of nitrogen functional groups attached to an aromatic ring is 1. The van der Waals surface area contributed by atoms with Crippen LogP contribution >= 0.6 is 0 Å². The summed E-state index contributed by atoms with van der Waals surface area (Å²) in [5.41, 5.74) is 7.07. The van der Waals surface area contributed by atoms with Gasteiger partial charge in [0.15, 0.2) is 11.5 Å². The molecular formula is C11H14N8. The number of aromatic nitrogens is 7. The van der Waals surface area contributed by atoms with E-state index in [4.69, 9.17) is 5.73 Å². The van der Waals surface area contributed by atoms with Gasteiger partial charge in [-0.3, -0.25) is 0 Å². The van der Waals surface area contributed by atoms with E-state index < -0.39 is 0 Å². The number of imidazole rings is 1. The second-order valence-corrected chi connectivity index (χ2v) is 4.52. The first-order chi connectivity index (χ1) is 9.16. The normalized spacial score (nSPS) is 11.5. The van der Waals surface area contributed by atoms with Crippen molar-refractivity contribution in [1.82, 2.24) is 34.3 Å². The number of fused-ring (bicyclic) bond motifs is 1. The zero-order valence-electron chi connectivity index (χ0n) is 10.7. The Hall–Kier alpha value is -2.51. The van der Waals surface area contributed by atoms with E-state index in [9.17, 15) is 0 Å². The highest BCUT2D eigenvalue weighted by Crippen LogP contribution is 2.15. The minimum atomic E-state index is 0.256. The Bertz CT molecular complexity index is 710. The summed E-state index contributed by atoms with van der Waals surface area (Å²) in [5, 5.41) is 4.21. The molecule has 3 heterocycles. The first kappa shape index (κ1) is 11.6. The summed E-state index contributed by atoms with van der Waals surface area (Å²) in [6.45, 7) is 4.67. The van der Waals surface area contributed by atoms with Gasteiger partial charge in [-0.15, -0.1) is 0 Å². The Labute approximate surface area is 109 Å². The molecule has 3 aromatic rings. The molecule has 3 aromatic heterocycles. The van der Waals surface area contributed by atoms with Crippen molar-refractivity contribution >= 4 is 17.0 Å². The highest BCUT2D eigenvalue weighted by molar-refractivity contribution is 5.81. The lowest BCUT2D eigenvalue weighted by molar-refractivity contribution is 0.497. The van der Waals surface area contributed by atoms with Gasteiger partial charge in [0, 0.05) is 6.04 Å². The van der Waals surface area contributed by atoms with Gasteiger partial charge in [-0.1, -0.05) is 0 Å². The van der Waals surface area contributed by atoms with Crippen LogP contribution < -0.4 is 5.73 Å². The van der Waals surface area contributed by atoms with E-state index >= 15 is 0 Å². The third kappa shape index (κ3) is 1.90. The lowest BCUT2D eigenvalue weighted by Crippen LogP contribution is -2.11. The summed E-state index contributed by atoms with van der Waals surface area (Å²) in [6.07, 6.45) is 4.68. The summed E-state index contributed by atoms with van der Waals surface area (Å²) in [4.78, 5) is 16.6. The highest BCUT2D eigenvalue weighted by Gasteiger charge is 2.12. The summed E-state index contributed by atoms with van der Waals surface area (Å²) < 4.78 is 3.76. The number of hydrogen-bond acceptors (Lipinski definition) is 6. The van der Waals surface area contributed by atoms with Crippen molar-refractivity contribution in [3.8, 4) is 0 Å². The first-order valence-corrected chi connectivity index (χ1v) is 5.96. The lowest BCUT2D eigenvalue weighted by atomic mass is 10.4. The van der Waals surface area contributed by atoms with E-state index in [-0.39, 0.29) is 6.04 Å². The average Bonchev–Trinajstić information content (AvgIpc) is 2.98. The van der Waals surface area contributed by atoms with Crippen molar-refractivity contribution in [1.29, 1.82) is 0 Å². The molecule has 0 aliphatic heterocycles. The molecule has 8 nitrogen and oxygen atoms in total. The molecule has 0 fully saturated rings. The van der Waals surface area contributed by atoms with E-state index in [1.165, 1.54) is 6.33 Å². The van der Waals surface area contributed by atoms with E-state index in [1.807, 2.05) is 9.25 Å². The van der Waals surface area contributed by atoms with Gasteiger partial charge >= 0.3 is 0 Å². The molecule has 0 spiro atoms. The third-order valence-electron chi connectivity index (χ3n) is 2.88. The summed E-state index contributed by atoms with van der Waals surface area (Å²) >= 11 is 0. The minimum absolute atomic E-state index is 0.256. The number of anilines is 1. The highest BCUT2D eigenvalue weighted by atomic mass is 15.4. The van der Waals surface area contributed by atoms with E-state index in [0.29, 0.717) is 23.5 Å². The monoisotopic (exact) mass is 258 g/mol. The molecule has 0 saturated carbocycles. The van der Waals surface area contributed by atoms with Crippen LogP contribution in [0.15, 0.2) is 19.0 Å². The van der Waals surface area contributed by atoms with Crippen LogP contribution in [0, 0.1) is 0 Å². The molecular weight excluding hydrogens is 244 g/mol. The quantitative estimate of drug-likeness (QED) is 0.739. The van der Waals surface area contributed by atoms with Crippen molar-refractivity contribution in [2.24, 2.45) is 0 Å². The zero-order valence-corrected chi connectivity index (χ0v) is 10.7. The first-order valence-electron chi connectivity index (χ1n) is 5.96. The maximum absolute atomic E-state index is 5.76. The molecule has 3 rings (SSSR count). The molecule has 0 aromatic carbocycles. The number of hydrogen-bond donors (Lipinski definition) is 1. The molecule has 0 radical (unpaired) electrons. The second kappa shape index (κ2) is 4.30. The largest absolute Gasteiger partial charge is 0.382 e. The minimum Gasteiger partial charge on any atom is -0.382 e. The molecule has 0 aliphatic carbocycles. The molecule has 2 N–H and O–H groups in total. The maximum atomic E-state index is 5.76. The van der Waals surface area contributed by atoms with Crippen LogP contribution in [0.25, 0.3) is 11.2 Å². The maximum Gasteiger partial charge on any atom is 0.165 e. The number of rotatable bonds is 3.